The summed E-state index contributed by atoms with van der Waals surface area (Å²) in [6.45, 7) is 0. The second-order valence-electron chi connectivity index (χ2n) is 3.26. The lowest BCUT2D eigenvalue weighted by atomic mass is 10.1. The number of halogens is 2. The Kier molecular flexibility index (Phi) is 2.20. The number of carbonyl (C=O) groups excluding carboxylic acids is 1. The van der Waals surface area contributed by atoms with Gasteiger partial charge in [-0.1, -0.05) is 6.07 Å². The maximum absolute atomic E-state index is 13.1. The maximum Gasteiger partial charge on any atom is 0.154 e. The molecule has 0 aliphatic heterocycles. The van der Waals surface area contributed by atoms with Crippen LogP contribution in [0.25, 0.3) is 0 Å². The van der Waals surface area contributed by atoms with E-state index in [1.54, 1.807) is 6.07 Å². The number of rotatable bonds is 2. The van der Waals surface area contributed by atoms with Crippen LogP contribution in [0.4, 0.5) is 4.39 Å². The fourth-order valence-corrected chi connectivity index (χ4v) is 2.14. The molecule has 1 aliphatic rings. The fourth-order valence-electron chi connectivity index (χ4n) is 1.40. The molecule has 1 fully saturated rings. The molecule has 1 aromatic rings. The van der Waals surface area contributed by atoms with E-state index in [4.69, 9.17) is 0 Å². The predicted molar refractivity (Wildman–Crippen MR) is 51.5 cm³/mol. The third kappa shape index (κ3) is 1.53. The molecule has 0 amide bonds. The Bertz CT molecular complexity index is 358. The average Bonchev–Trinajstić information content (AvgIpc) is 2.88. The van der Waals surface area contributed by atoms with E-state index in [-0.39, 0.29) is 5.56 Å². The van der Waals surface area contributed by atoms with Crippen LogP contribution in [0.2, 0.25) is 0 Å². The zero-order valence-corrected chi connectivity index (χ0v) is 8.47. The zero-order chi connectivity index (χ0) is 9.42. The highest BCUT2D eigenvalue weighted by atomic mass is 79.9. The summed E-state index contributed by atoms with van der Waals surface area (Å²) >= 11 is 3.26. The molecule has 1 saturated carbocycles. The Morgan fingerprint density at radius 3 is 2.69 bits per heavy atom. The van der Waals surface area contributed by atoms with Crippen LogP contribution in [0.3, 0.4) is 0 Å². The van der Waals surface area contributed by atoms with Crippen molar-refractivity contribution in [2.24, 2.45) is 0 Å². The van der Waals surface area contributed by atoms with Crippen molar-refractivity contribution < 1.29 is 9.18 Å². The van der Waals surface area contributed by atoms with Crippen LogP contribution in [0.15, 0.2) is 16.6 Å². The van der Waals surface area contributed by atoms with Crippen LogP contribution >= 0.6 is 15.9 Å². The van der Waals surface area contributed by atoms with Gasteiger partial charge in [0.25, 0.3) is 0 Å². The largest absolute Gasteiger partial charge is 0.298 e. The lowest BCUT2D eigenvalue weighted by Gasteiger charge is -2.05. The van der Waals surface area contributed by atoms with E-state index in [1.165, 1.54) is 6.07 Å². The van der Waals surface area contributed by atoms with Gasteiger partial charge in [0.2, 0.25) is 0 Å². The van der Waals surface area contributed by atoms with Gasteiger partial charge in [0, 0.05) is 4.47 Å². The third-order valence-electron chi connectivity index (χ3n) is 2.29. The average molecular weight is 243 g/mol. The van der Waals surface area contributed by atoms with Crippen molar-refractivity contribution in [3.05, 3.63) is 33.5 Å². The topological polar surface area (TPSA) is 17.1 Å². The molecule has 13 heavy (non-hydrogen) atoms. The lowest BCUT2D eigenvalue weighted by Crippen LogP contribution is -1.93. The second kappa shape index (κ2) is 3.22. The molecule has 0 N–H and O–H groups in total. The zero-order valence-electron chi connectivity index (χ0n) is 6.89. The van der Waals surface area contributed by atoms with E-state index in [9.17, 15) is 9.18 Å². The minimum Gasteiger partial charge on any atom is -0.298 e. The quantitative estimate of drug-likeness (QED) is 0.728. The number of hydrogen-bond acceptors (Lipinski definition) is 1. The van der Waals surface area contributed by atoms with E-state index in [2.05, 4.69) is 15.9 Å². The Hall–Kier alpha value is -0.700. The minimum atomic E-state index is -0.453. The van der Waals surface area contributed by atoms with Crippen molar-refractivity contribution in [1.29, 1.82) is 0 Å². The Morgan fingerprint density at radius 1 is 1.46 bits per heavy atom. The molecule has 0 saturated heterocycles. The first-order valence-electron chi connectivity index (χ1n) is 4.17. The van der Waals surface area contributed by atoms with Gasteiger partial charge in [-0.2, -0.15) is 0 Å². The summed E-state index contributed by atoms with van der Waals surface area (Å²) < 4.78 is 13.7. The molecule has 0 heterocycles. The van der Waals surface area contributed by atoms with Gasteiger partial charge in [0.05, 0.1) is 5.56 Å². The van der Waals surface area contributed by atoms with E-state index < -0.39 is 5.82 Å². The van der Waals surface area contributed by atoms with E-state index >= 15 is 0 Å². The van der Waals surface area contributed by atoms with Crippen molar-refractivity contribution in [2.75, 3.05) is 0 Å². The van der Waals surface area contributed by atoms with Gasteiger partial charge in [0.1, 0.15) is 5.82 Å². The molecule has 1 aliphatic carbocycles. The summed E-state index contributed by atoms with van der Waals surface area (Å²) in [6, 6.07) is 3.12. The fraction of sp³-hybridized carbons (Fsp3) is 0.300. The van der Waals surface area contributed by atoms with Crippen LogP contribution < -0.4 is 0 Å². The second-order valence-corrected chi connectivity index (χ2v) is 4.05. The monoisotopic (exact) mass is 242 g/mol. The maximum atomic E-state index is 13.1. The molecule has 0 unspecified atom stereocenters. The first-order valence-corrected chi connectivity index (χ1v) is 4.96. The first-order chi connectivity index (χ1) is 6.24. The first kappa shape index (κ1) is 8.88. The van der Waals surface area contributed by atoms with Crippen molar-refractivity contribution in [3.8, 4) is 0 Å². The molecule has 1 nitrogen and oxygen atoms in total. The van der Waals surface area contributed by atoms with Crippen LogP contribution in [-0.2, 0) is 0 Å². The van der Waals surface area contributed by atoms with E-state index in [1.807, 2.05) is 0 Å². The summed E-state index contributed by atoms with van der Waals surface area (Å²) in [6.07, 6.45) is 2.84. The van der Waals surface area contributed by atoms with Crippen LogP contribution in [0.5, 0.6) is 0 Å². The molecule has 0 bridgehead atoms. The molecule has 3 heteroatoms. The van der Waals surface area contributed by atoms with E-state index in [0.29, 0.717) is 16.7 Å². The smallest absolute Gasteiger partial charge is 0.154 e. The standard InChI is InChI=1S/C10H8BrFO/c11-10-7(6-1-2-6)3-4-9(12)8(10)5-13/h3-6H,1-2H2. The summed E-state index contributed by atoms with van der Waals surface area (Å²) in [5, 5.41) is 0. The molecule has 1 aromatic carbocycles. The SMILES string of the molecule is O=Cc1c(F)ccc(C2CC2)c1Br. The van der Waals surface area contributed by atoms with Crippen LogP contribution in [-0.4, -0.2) is 6.29 Å². The summed E-state index contributed by atoms with van der Waals surface area (Å²) in [7, 11) is 0. The molecule has 0 radical (unpaired) electrons. The lowest BCUT2D eigenvalue weighted by molar-refractivity contribution is 0.111. The molecule has 0 spiro atoms. The van der Waals surface area contributed by atoms with Crippen LogP contribution in [0, 0.1) is 5.82 Å². The van der Waals surface area contributed by atoms with Gasteiger partial charge in [-0.25, -0.2) is 4.39 Å². The van der Waals surface area contributed by atoms with Crippen LogP contribution in [0.1, 0.15) is 34.7 Å². The number of aldehydes is 1. The van der Waals surface area contributed by atoms with Gasteiger partial charge in [-0.15, -0.1) is 0 Å². The molecule has 68 valence electrons. The highest BCUT2D eigenvalue weighted by molar-refractivity contribution is 9.10. The van der Waals surface area contributed by atoms with Gasteiger partial charge in [-0.3, -0.25) is 4.79 Å². The molecular weight excluding hydrogens is 235 g/mol. The molecular formula is C10H8BrFO. The molecule has 0 aromatic heterocycles. The minimum absolute atomic E-state index is 0.143. The highest BCUT2D eigenvalue weighted by Gasteiger charge is 2.27. The Labute approximate surface area is 84.1 Å². The number of hydrogen-bond donors (Lipinski definition) is 0. The van der Waals surface area contributed by atoms with Gasteiger partial charge in [0.15, 0.2) is 6.29 Å². The predicted octanol–water partition coefficient (Wildman–Crippen LogP) is 3.28. The van der Waals surface area contributed by atoms with Crippen molar-refractivity contribution in [1.82, 2.24) is 0 Å². The Balaban J connectivity index is 2.53. The van der Waals surface area contributed by atoms with Gasteiger partial charge in [-0.05, 0) is 46.3 Å². The number of benzene rings is 1. The van der Waals surface area contributed by atoms with E-state index in [0.717, 1.165) is 18.4 Å². The summed E-state index contributed by atoms with van der Waals surface area (Å²) in [4.78, 5) is 10.6. The van der Waals surface area contributed by atoms with Crippen molar-refractivity contribution >= 4 is 22.2 Å². The Morgan fingerprint density at radius 2 is 2.15 bits per heavy atom. The summed E-state index contributed by atoms with van der Waals surface area (Å²) in [5.74, 6) is 0.0694. The van der Waals surface area contributed by atoms with Gasteiger partial charge >= 0.3 is 0 Å². The van der Waals surface area contributed by atoms with Crippen molar-refractivity contribution in [3.63, 3.8) is 0 Å². The highest BCUT2D eigenvalue weighted by Crippen LogP contribution is 2.44. The molecule has 2 rings (SSSR count). The summed E-state index contributed by atoms with van der Waals surface area (Å²) in [5.41, 5.74) is 1.20. The third-order valence-corrected chi connectivity index (χ3v) is 3.18. The van der Waals surface area contributed by atoms with Gasteiger partial charge < -0.3 is 0 Å². The van der Waals surface area contributed by atoms with Crippen molar-refractivity contribution in [2.45, 2.75) is 18.8 Å². The molecule has 0 atom stereocenters. The normalized spacial score (nSPS) is 15.8. The number of carbonyl (C=O) groups is 1.